The highest BCUT2D eigenvalue weighted by Crippen LogP contribution is 2.38. The van der Waals surface area contributed by atoms with Crippen molar-refractivity contribution < 1.29 is 22.3 Å². The van der Waals surface area contributed by atoms with Crippen LogP contribution in [0.5, 0.6) is 0 Å². The topological polar surface area (TPSA) is 147 Å². The van der Waals surface area contributed by atoms with Crippen LogP contribution < -0.4 is 4.72 Å². The van der Waals surface area contributed by atoms with Crippen molar-refractivity contribution in [2.75, 3.05) is 0 Å². The standard InChI is InChI=1S/C22H21F2N7O3S2/c1-21(2,32)6-5-14-16-13-4-3-12(36(33,34)30-22(10-25)7-8-22)9-15(13)31(18(16)27-11-26-14)20-29-28-19(35-20)17(23)24/h3-4,9,11,17,30,32H,5-8H2,1-2H3. The molecule has 3 heterocycles. The predicted octanol–water partition coefficient (Wildman–Crippen LogP) is 3.40. The highest BCUT2D eigenvalue weighted by Gasteiger charge is 2.46. The van der Waals surface area contributed by atoms with Gasteiger partial charge in [-0.2, -0.15) is 9.98 Å². The maximum Gasteiger partial charge on any atom is 0.291 e. The third-order valence-electron chi connectivity index (χ3n) is 5.98. The number of halogens is 2. The molecule has 1 aliphatic carbocycles. The van der Waals surface area contributed by atoms with Gasteiger partial charge in [-0.25, -0.2) is 27.2 Å². The van der Waals surface area contributed by atoms with Crippen molar-refractivity contribution in [1.82, 2.24) is 29.5 Å². The van der Waals surface area contributed by atoms with E-state index >= 15 is 0 Å². The Bertz CT molecular complexity index is 1630. The van der Waals surface area contributed by atoms with Gasteiger partial charge in [-0.15, -0.1) is 10.2 Å². The Balaban J connectivity index is 1.74. The molecule has 4 aromatic rings. The Morgan fingerprint density at radius 1 is 1.31 bits per heavy atom. The molecule has 0 unspecified atom stereocenters. The van der Waals surface area contributed by atoms with Gasteiger partial charge in [0.1, 0.15) is 11.9 Å². The van der Waals surface area contributed by atoms with E-state index in [0.717, 1.165) is 0 Å². The summed E-state index contributed by atoms with van der Waals surface area (Å²) in [6.07, 6.45) is 0.149. The van der Waals surface area contributed by atoms with Gasteiger partial charge in [-0.05, 0) is 51.7 Å². The second kappa shape index (κ2) is 8.48. The molecule has 188 valence electrons. The zero-order chi connectivity index (χ0) is 25.9. The first-order chi connectivity index (χ1) is 16.9. The van der Waals surface area contributed by atoms with Crippen molar-refractivity contribution in [3.05, 3.63) is 35.2 Å². The summed E-state index contributed by atoms with van der Waals surface area (Å²) in [4.78, 5) is 8.65. The summed E-state index contributed by atoms with van der Waals surface area (Å²) in [6.45, 7) is 3.36. The number of aliphatic hydroxyl groups is 1. The number of nitriles is 1. The molecule has 1 aliphatic rings. The van der Waals surface area contributed by atoms with E-state index in [-0.39, 0.29) is 10.0 Å². The number of fused-ring (bicyclic) bond motifs is 3. The largest absolute Gasteiger partial charge is 0.390 e. The third kappa shape index (κ3) is 4.43. The number of aromatic nitrogens is 5. The Hall–Kier alpha value is -3.12. The average molecular weight is 534 g/mol. The van der Waals surface area contributed by atoms with Crippen molar-refractivity contribution in [2.45, 2.75) is 62.0 Å². The molecule has 1 fully saturated rings. The fraction of sp³-hybridized carbons (Fsp3) is 0.409. The molecular weight excluding hydrogens is 512 g/mol. The quantitative estimate of drug-likeness (QED) is 0.350. The van der Waals surface area contributed by atoms with Gasteiger partial charge < -0.3 is 5.11 Å². The van der Waals surface area contributed by atoms with Gasteiger partial charge >= 0.3 is 0 Å². The lowest BCUT2D eigenvalue weighted by Gasteiger charge is -2.16. The minimum Gasteiger partial charge on any atom is -0.390 e. The molecule has 0 aliphatic heterocycles. The summed E-state index contributed by atoms with van der Waals surface area (Å²) in [6, 6.07) is 6.41. The summed E-state index contributed by atoms with van der Waals surface area (Å²) >= 11 is 0.671. The van der Waals surface area contributed by atoms with Crippen LogP contribution in [0.3, 0.4) is 0 Å². The fourth-order valence-electron chi connectivity index (χ4n) is 3.94. The molecule has 3 aromatic heterocycles. The van der Waals surface area contributed by atoms with Crippen molar-refractivity contribution in [2.24, 2.45) is 0 Å². The van der Waals surface area contributed by atoms with E-state index in [2.05, 4.69) is 24.9 Å². The summed E-state index contributed by atoms with van der Waals surface area (Å²) in [5.41, 5.74) is -0.744. The van der Waals surface area contributed by atoms with Crippen molar-refractivity contribution in [3.8, 4) is 11.2 Å². The minimum atomic E-state index is -4.05. The molecule has 0 spiro atoms. The van der Waals surface area contributed by atoms with Crippen molar-refractivity contribution in [3.63, 3.8) is 0 Å². The van der Waals surface area contributed by atoms with Gasteiger partial charge in [0.2, 0.25) is 15.2 Å². The van der Waals surface area contributed by atoms with Crippen LogP contribution in [-0.4, -0.2) is 49.4 Å². The van der Waals surface area contributed by atoms with E-state index in [0.29, 0.717) is 64.7 Å². The summed E-state index contributed by atoms with van der Waals surface area (Å²) in [5.74, 6) is 0. The van der Waals surface area contributed by atoms with Crippen LogP contribution in [0.2, 0.25) is 0 Å². The zero-order valence-corrected chi connectivity index (χ0v) is 20.9. The zero-order valence-electron chi connectivity index (χ0n) is 19.2. The van der Waals surface area contributed by atoms with Crippen LogP contribution in [0.1, 0.15) is 50.2 Å². The van der Waals surface area contributed by atoms with E-state index in [1.807, 2.05) is 6.07 Å². The minimum absolute atomic E-state index is 0.0924. The number of nitrogens with one attached hydrogen (secondary N) is 1. The maximum absolute atomic E-state index is 13.3. The van der Waals surface area contributed by atoms with E-state index in [1.165, 1.54) is 23.0 Å². The van der Waals surface area contributed by atoms with E-state index in [9.17, 15) is 27.6 Å². The molecule has 1 aromatic carbocycles. The number of rotatable bonds is 8. The number of nitrogens with zero attached hydrogens (tertiary/aromatic N) is 6. The van der Waals surface area contributed by atoms with Gasteiger partial charge in [0, 0.05) is 10.8 Å². The van der Waals surface area contributed by atoms with Crippen LogP contribution in [0.15, 0.2) is 29.4 Å². The molecule has 0 amide bonds. The lowest BCUT2D eigenvalue weighted by Crippen LogP contribution is -2.35. The van der Waals surface area contributed by atoms with Crippen LogP contribution in [0, 0.1) is 11.3 Å². The van der Waals surface area contributed by atoms with Crippen molar-refractivity contribution >= 4 is 43.3 Å². The summed E-state index contributed by atoms with van der Waals surface area (Å²) in [5, 5.41) is 27.8. The molecule has 0 bridgehead atoms. The van der Waals surface area contributed by atoms with E-state index < -0.39 is 32.6 Å². The molecule has 14 heteroatoms. The Morgan fingerprint density at radius 3 is 2.67 bits per heavy atom. The molecule has 5 rings (SSSR count). The SMILES string of the molecule is CC(C)(O)CCc1ncnc2c1c1ccc(S(=O)(=O)NC3(C#N)CC3)cc1n2-c1nnc(C(F)F)s1. The number of hydrogen-bond donors (Lipinski definition) is 2. The molecule has 1 saturated carbocycles. The molecule has 0 radical (unpaired) electrons. The Kier molecular flexibility index (Phi) is 5.79. The normalized spacial score (nSPS) is 15.6. The first kappa shape index (κ1) is 24.6. The molecule has 36 heavy (non-hydrogen) atoms. The molecular formula is C22H21F2N7O3S2. The van der Waals surface area contributed by atoms with Gasteiger partial charge in [0.15, 0.2) is 10.7 Å². The van der Waals surface area contributed by atoms with Crippen LogP contribution in [-0.2, 0) is 16.4 Å². The fourth-order valence-corrected chi connectivity index (χ4v) is 6.05. The summed E-state index contributed by atoms with van der Waals surface area (Å²) < 4.78 is 56.6. The first-order valence-electron chi connectivity index (χ1n) is 11.0. The second-order valence-electron chi connectivity index (χ2n) is 9.37. The molecule has 0 atom stereocenters. The van der Waals surface area contributed by atoms with E-state index in [1.54, 1.807) is 19.9 Å². The van der Waals surface area contributed by atoms with Gasteiger partial charge in [0.05, 0.1) is 27.8 Å². The number of alkyl halides is 2. The number of hydrogen-bond acceptors (Lipinski definition) is 9. The third-order valence-corrected chi connectivity index (χ3v) is 8.43. The van der Waals surface area contributed by atoms with Crippen LogP contribution >= 0.6 is 11.3 Å². The average Bonchev–Trinajstić information content (AvgIpc) is 3.25. The van der Waals surface area contributed by atoms with Crippen molar-refractivity contribution in [1.29, 1.82) is 5.26 Å². The van der Waals surface area contributed by atoms with Crippen LogP contribution in [0.4, 0.5) is 8.78 Å². The van der Waals surface area contributed by atoms with Crippen LogP contribution in [0.25, 0.3) is 27.1 Å². The van der Waals surface area contributed by atoms with Gasteiger partial charge in [-0.1, -0.05) is 17.4 Å². The second-order valence-corrected chi connectivity index (χ2v) is 12.0. The monoisotopic (exact) mass is 533 g/mol. The first-order valence-corrected chi connectivity index (χ1v) is 13.3. The number of benzene rings is 1. The highest BCUT2D eigenvalue weighted by atomic mass is 32.2. The maximum atomic E-state index is 13.3. The smallest absolute Gasteiger partial charge is 0.291 e. The molecule has 2 N–H and O–H groups in total. The number of aryl methyl sites for hydroxylation is 1. The van der Waals surface area contributed by atoms with Gasteiger partial charge in [-0.3, -0.25) is 4.57 Å². The van der Waals surface area contributed by atoms with Gasteiger partial charge in [0.25, 0.3) is 6.43 Å². The lowest BCUT2D eigenvalue weighted by molar-refractivity contribution is 0.0712. The number of sulfonamides is 1. The summed E-state index contributed by atoms with van der Waals surface area (Å²) in [7, 11) is -4.05. The Morgan fingerprint density at radius 2 is 2.06 bits per heavy atom. The van der Waals surface area contributed by atoms with E-state index in [4.69, 9.17) is 0 Å². The molecule has 0 saturated heterocycles. The Labute approximate surface area is 208 Å². The predicted molar refractivity (Wildman–Crippen MR) is 127 cm³/mol. The highest BCUT2D eigenvalue weighted by molar-refractivity contribution is 7.89. The molecule has 10 nitrogen and oxygen atoms in total. The lowest BCUT2D eigenvalue weighted by atomic mass is 10.00.